The topological polar surface area (TPSA) is 26.2 Å². The van der Waals surface area contributed by atoms with E-state index in [9.17, 15) is 0 Å². The fourth-order valence-electron chi connectivity index (χ4n) is 2.33. The Morgan fingerprint density at radius 2 is 2.05 bits per heavy atom. The lowest BCUT2D eigenvalue weighted by Gasteiger charge is -2.09. The SMILES string of the molecule is Cc1ccc2ccn(CCNCCCOC(C)C)c2c1. The Morgan fingerprint density at radius 1 is 1.20 bits per heavy atom. The largest absolute Gasteiger partial charge is 0.379 e. The van der Waals surface area contributed by atoms with Crippen LogP contribution in [0.5, 0.6) is 0 Å². The number of nitrogens with zero attached hydrogens (tertiary/aromatic N) is 1. The monoisotopic (exact) mass is 274 g/mol. The molecule has 0 atom stereocenters. The summed E-state index contributed by atoms with van der Waals surface area (Å²) >= 11 is 0. The van der Waals surface area contributed by atoms with E-state index in [0.29, 0.717) is 6.10 Å². The van der Waals surface area contributed by atoms with Gasteiger partial charge in [0.1, 0.15) is 0 Å². The van der Waals surface area contributed by atoms with Crippen molar-refractivity contribution in [2.45, 2.75) is 39.8 Å². The van der Waals surface area contributed by atoms with Gasteiger partial charge < -0.3 is 14.6 Å². The lowest BCUT2D eigenvalue weighted by atomic mass is 10.2. The molecule has 1 aromatic heterocycles. The van der Waals surface area contributed by atoms with Crippen molar-refractivity contribution in [2.75, 3.05) is 19.7 Å². The summed E-state index contributed by atoms with van der Waals surface area (Å²) in [6.45, 7) is 10.2. The molecule has 0 fully saturated rings. The van der Waals surface area contributed by atoms with E-state index in [4.69, 9.17) is 4.74 Å². The van der Waals surface area contributed by atoms with Crippen LogP contribution in [0.4, 0.5) is 0 Å². The number of benzene rings is 1. The zero-order valence-corrected chi connectivity index (χ0v) is 12.9. The van der Waals surface area contributed by atoms with Gasteiger partial charge in [-0.05, 0) is 56.8 Å². The van der Waals surface area contributed by atoms with E-state index < -0.39 is 0 Å². The van der Waals surface area contributed by atoms with E-state index in [-0.39, 0.29) is 0 Å². The van der Waals surface area contributed by atoms with Gasteiger partial charge in [0.05, 0.1) is 6.10 Å². The maximum absolute atomic E-state index is 5.52. The van der Waals surface area contributed by atoms with Crippen molar-refractivity contribution in [3.05, 3.63) is 36.0 Å². The summed E-state index contributed by atoms with van der Waals surface area (Å²) in [5.74, 6) is 0. The molecule has 0 spiro atoms. The molecule has 0 unspecified atom stereocenters. The van der Waals surface area contributed by atoms with Crippen molar-refractivity contribution >= 4 is 10.9 Å². The van der Waals surface area contributed by atoms with Crippen molar-refractivity contribution < 1.29 is 4.74 Å². The molecular weight excluding hydrogens is 248 g/mol. The standard InChI is InChI=1S/C17H26N2O/c1-14(2)20-12-4-8-18-9-11-19-10-7-16-6-5-15(3)13-17(16)19/h5-7,10,13-14,18H,4,8-9,11-12H2,1-3H3. The Kier molecular flexibility index (Phi) is 5.62. The number of fused-ring (bicyclic) bond motifs is 1. The van der Waals surface area contributed by atoms with Crippen molar-refractivity contribution in [1.82, 2.24) is 9.88 Å². The predicted molar refractivity (Wildman–Crippen MR) is 85.2 cm³/mol. The first-order valence-electron chi connectivity index (χ1n) is 7.54. The van der Waals surface area contributed by atoms with Crippen molar-refractivity contribution in [2.24, 2.45) is 0 Å². The van der Waals surface area contributed by atoms with E-state index in [2.05, 4.69) is 61.1 Å². The van der Waals surface area contributed by atoms with E-state index in [0.717, 1.165) is 32.7 Å². The molecule has 0 aliphatic rings. The van der Waals surface area contributed by atoms with Crippen LogP contribution >= 0.6 is 0 Å². The minimum atomic E-state index is 0.337. The highest BCUT2D eigenvalue weighted by Crippen LogP contribution is 2.16. The average Bonchev–Trinajstić information content (AvgIpc) is 2.80. The molecule has 0 saturated heterocycles. The third-order valence-electron chi connectivity index (χ3n) is 3.41. The second-order valence-corrected chi connectivity index (χ2v) is 5.59. The van der Waals surface area contributed by atoms with Crippen LogP contribution < -0.4 is 5.32 Å². The Morgan fingerprint density at radius 3 is 2.85 bits per heavy atom. The van der Waals surface area contributed by atoms with Crippen LogP contribution in [0.1, 0.15) is 25.8 Å². The van der Waals surface area contributed by atoms with Crippen LogP contribution in [0.25, 0.3) is 10.9 Å². The highest BCUT2D eigenvalue weighted by atomic mass is 16.5. The van der Waals surface area contributed by atoms with Gasteiger partial charge in [-0.25, -0.2) is 0 Å². The third-order valence-corrected chi connectivity index (χ3v) is 3.41. The van der Waals surface area contributed by atoms with Crippen molar-refractivity contribution in [3.63, 3.8) is 0 Å². The smallest absolute Gasteiger partial charge is 0.0518 e. The molecule has 3 heteroatoms. The molecule has 1 aromatic carbocycles. The highest BCUT2D eigenvalue weighted by molar-refractivity contribution is 5.80. The fraction of sp³-hybridized carbons (Fsp3) is 0.529. The first kappa shape index (κ1) is 15.1. The molecule has 0 radical (unpaired) electrons. The second-order valence-electron chi connectivity index (χ2n) is 5.59. The summed E-state index contributed by atoms with van der Waals surface area (Å²) in [5.41, 5.74) is 2.64. The summed E-state index contributed by atoms with van der Waals surface area (Å²) < 4.78 is 7.84. The van der Waals surface area contributed by atoms with Crippen LogP contribution in [0.3, 0.4) is 0 Å². The molecule has 0 aliphatic carbocycles. The molecule has 0 amide bonds. The number of nitrogens with one attached hydrogen (secondary N) is 1. The highest BCUT2D eigenvalue weighted by Gasteiger charge is 2.00. The van der Waals surface area contributed by atoms with Crippen LogP contribution in [0, 0.1) is 6.92 Å². The zero-order chi connectivity index (χ0) is 14.4. The van der Waals surface area contributed by atoms with Gasteiger partial charge in [0.2, 0.25) is 0 Å². The number of aromatic nitrogens is 1. The minimum Gasteiger partial charge on any atom is -0.379 e. The first-order chi connectivity index (χ1) is 9.66. The van der Waals surface area contributed by atoms with Crippen molar-refractivity contribution in [3.8, 4) is 0 Å². The lowest BCUT2D eigenvalue weighted by molar-refractivity contribution is 0.0771. The second kappa shape index (κ2) is 7.46. The molecular formula is C17H26N2O. The van der Waals surface area contributed by atoms with Gasteiger partial charge in [0.15, 0.2) is 0 Å². The molecule has 2 rings (SSSR count). The van der Waals surface area contributed by atoms with Gasteiger partial charge in [-0.15, -0.1) is 0 Å². The Labute approximate surface area is 121 Å². The molecule has 1 heterocycles. The van der Waals surface area contributed by atoms with Gasteiger partial charge >= 0.3 is 0 Å². The van der Waals surface area contributed by atoms with E-state index in [1.54, 1.807) is 0 Å². The molecule has 1 N–H and O–H groups in total. The van der Waals surface area contributed by atoms with Crippen LogP contribution in [-0.2, 0) is 11.3 Å². The third kappa shape index (κ3) is 4.36. The Bertz CT molecular complexity index is 531. The van der Waals surface area contributed by atoms with Crippen LogP contribution in [-0.4, -0.2) is 30.4 Å². The normalized spacial score (nSPS) is 11.6. The number of hydrogen-bond donors (Lipinski definition) is 1. The minimum absolute atomic E-state index is 0.337. The number of hydrogen-bond acceptors (Lipinski definition) is 2. The molecule has 110 valence electrons. The molecule has 0 aliphatic heterocycles. The Balaban J connectivity index is 1.72. The predicted octanol–water partition coefficient (Wildman–Crippen LogP) is 3.35. The fourth-order valence-corrected chi connectivity index (χ4v) is 2.33. The maximum Gasteiger partial charge on any atom is 0.0518 e. The van der Waals surface area contributed by atoms with Crippen molar-refractivity contribution in [1.29, 1.82) is 0 Å². The van der Waals surface area contributed by atoms with Gasteiger partial charge in [-0.3, -0.25) is 0 Å². The van der Waals surface area contributed by atoms with Gasteiger partial charge in [0.25, 0.3) is 0 Å². The summed E-state index contributed by atoms with van der Waals surface area (Å²) in [5, 5.41) is 4.80. The summed E-state index contributed by atoms with van der Waals surface area (Å²) in [6, 6.07) is 8.80. The Hall–Kier alpha value is -1.32. The zero-order valence-electron chi connectivity index (χ0n) is 12.9. The summed E-state index contributed by atoms with van der Waals surface area (Å²) in [4.78, 5) is 0. The van der Waals surface area contributed by atoms with Crippen LogP contribution in [0.2, 0.25) is 0 Å². The lowest BCUT2D eigenvalue weighted by Crippen LogP contribution is -2.22. The average molecular weight is 274 g/mol. The number of ether oxygens (including phenoxy) is 1. The molecule has 0 saturated carbocycles. The first-order valence-corrected chi connectivity index (χ1v) is 7.54. The number of rotatable bonds is 8. The molecule has 0 bridgehead atoms. The quantitative estimate of drug-likeness (QED) is 0.747. The summed E-state index contributed by atoms with van der Waals surface area (Å²) in [7, 11) is 0. The molecule has 2 aromatic rings. The summed E-state index contributed by atoms with van der Waals surface area (Å²) in [6.07, 6.45) is 3.58. The maximum atomic E-state index is 5.52. The van der Waals surface area contributed by atoms with Gasteiger partial charge in [-0.2, -0.15) is 0 Å². The van der Waals surface area contributed by atoms with Crippen LogP contribution in [0.15, 0.2) is 30.5 Å². The van der Waals surface area contributed by atoms with E-state index in [1.165, 1.54) is 16.5 Å². The van der Waals surface area contributed by atoms with Gasteiger partial charge in [0, 0.05) is 31.4 Å². The van der Waals surface area contributed by atoms with E-state index >= 15 is 0 Å². The van der Waals surface area contributed by atoms with Gasteiger partial charge in [-0.1, -0.05) is 12.1 Å². The van der Waals surface area contributed by atoms with E-state index in [1.807, 2.05) is 0 Å². The molecule has 20 heavy (non-hydrogen) atoms. The number of aryl methyl sites for hydroxylation is 1. The molecule has 3 nitrogen and oxygen atoms in total.